The number of fused-ring (bicyclic) bond motifs is 1. The van der Waals surface area contributed by atoms with Crippen LogP contribution >= 0.6 is 0 Å². The van der Waals surface area contributed by atoms with E-state index in [2.05, 4.69) is 4.99 Å². The van der Waals surface area contributed by atoms with Crippen molar-refractivity contribution in [2.75, 3.05) is 6.54 Å². The molecule has 7 nitrogen and oxygen atoms in total. The molecular formula is C6H12N7+. The Morgan fingerprint density at radius 1 is 1.38 bits per heavy atom. The van der Waals surface area contributed by atoms with Crippen molar-refractivity contribution < 1.29 is 4.90 Å². The summed E-state index contributed by atoms with van der Waals surface area (Å²) in [5.41, 5.74) is 17.8. The SMILES string of the molecule is NC1=CN(N)CC2=C(N)N=C(N)[NH+]12. The molecule has 2 aliphatic rings. The van der Waals surface area contributed by atoms with Crippen LogP contribution in [0.25, 0.3) is 0 Å². The van der Waals surface area contributed by atoms with Crippen molar-refractivity contribution in [3.8, 4) is 0 Å². The molecule has 0 aromatic heterocycles. The number of nitrogens with zero attached hydrogens (tertiary/aromatic N) is 2. The van der Waals surface area contributed by atoms with Gasteiger partial charge in [0.2, 0.25) is 5.82 Å². The van der Waals surface area contributed by atoms with Crippen molar-refractivity contribution in [2.45, 2.75) is 0 Å². The fourth-order valence-corrected chi connectivity index (χ4v) is 1.49. The number of nitrogens with one attached hydrogen (secondary N) is 1. The van der Waals surface area contributed by atoms with Gasteiger partial charge in [-0.1, -0.05) is 0 Å². The Kier molecular flexibility index (Phi) is 1.44. The molecule has 13 heavy (non-hydrogen) atoms. The summed E-state index contributed by atoms with van der Waals surface area (Å²) in [7, 11) is 0. The van der Waals surface area contributed by atoms with Gasteiger partial charge in [0.25, 0.3) is 0 Å². The van der Waals surface area contributed by atoms with Gasteiger partial charge in [-0.2, -0.15) is 9.89 Å². The third-order valence-corrected chi connectivity index (χ3v) is 2.04. The molecule has 2 rings (SSSR count). The van der Waals surface area contributed by atoms with E-state index in [1.54, 1.807) is 6.20 Å². The highest BCUT2D eigenvalue weighted by atomic mass is 15.5. The molecule has 0 aliphatic carbocycles. The van der Waals surface area contributed by atoms with E-state index in [9.17, 15) is 0 Å². The molecule has 7 heteroatoms. The van der Waals surface area contributed by atoms with Crippen LogP contribution in [0.4, 0.5) is 0 Å². The lowest BCUT2D eigenvalue weighted by atomic mass is 10.3. The van der Waals surface area contributed by atoms with Crippen LogP contribution in [0.15, 0.2) is 28.5 Å². The predicted octanol–water partition coefficient (Wildman–Crippen LogP) is -3.73. The summed E-state index contributed by atoms with van der Waals surface area (Å²) >= 11 is 0. The first-order valence-corrected chi connectivity index (χ1v) is 3.79. The van der Waals surface area contributed by atoms with Crippen LogP contribution in [0.2, 0.25) is 0 Å². The van der Waals surface area contributed by atoms with Gasteiger partial charge in [-0.15, -0.1) is 0 Å². The summed E-state index contributed by atoms with van der Waals surface area (Å²) in [6, 6.07) is 0. The highest BCUT2D eigenvalue weighted by Crippen LogP contribution is 2.04. The first-order valence-electron chi connectivity index (χ1n) is 3.79. The fourth-order valence-electron chi connectivity index (χ4n) is 1.49. The highest BCUT2D eigenvalue weighted by molar-refractivity contribution is 5.74. The van der Waals surface area contributed by atoms with E-state index in [4.69, 9.17) is 23.0 Å². The molecule has 0 spiro atoms. The predicted molar refractivity (Wildman–Crippen MR) is 47.0 cm³/mol. The molecule has 9 N–H and O–H groups in total. The number of hydrogen-bond acceptors (Lipinski definition) is 6. The smallest absolute Gasteiger partial charge is 0.311 e. The van der Waals surface area contributed by atoms with Crippen molar-refractivity contribution >= 4 is 5.96 Å². The second kappa shape index (κ2) is 2.38. The molecule has 0 aromatic rings. The lowest BCUT2D eigenvalue weighted by molar-refractivity contribution is -0.722. The Hall–Kier alpha value is -1.73. The number of quaternary nitrogens is 1. The van der Waals surface area contributed by atoms with Gasteiger partial charge in [0, 0.05) is 0 Å². The largest absolute Gasteiger partial charge is 0.379 e. The maximum atomic E-state index is 5.71. The highest BCUT2D eigenvalue weighted by Gasteiger charge is 2.36. The standard InChI is InChI=1S/C6H11N7/c7-4-2-12(10)1-3-5(8)11-6(9)13(3)4/h2H,1,7-8,10H2,(H2,9,11)/p+1. The van der Waals surface area contributed by atoms with Crippen molar-refractivity contribution in [3.63, 3.8) is 0 Å². The summed E-state index contributed by atoms with van der Waals surface area (Å²) in [4.78, 5) is 4.65. The van der Waals surface area contributed by atoms with Crippen molar-refractivity contribution in [3.05, 3.63) is 23.5 Å². The van der Waals surface area contributed by atoms with E-state index in [1.165, 1.54) is 5.01 Å². The van der Waals surface area contributed by atoms with Gasteiger partial charge in [-0.3, -0.25) is 0 Å². The van der Waals surface area contributed by atoms with Crippen molar-refractivity contribution in [1.82, 2.24) is 5.01 Å². The minimum absolute atomic E-state index is 0.370. The number of rotatable bonds is 0. The zero-order chi connectivity index (χ0) is 9.59. The fraction of sp³-hybridized carbons (Fsp3) is 0.167. The van der Waals surface area contributed by atoms with E-state index in [0.29, 0.717) is 24.1 Å². The Bertz CT molecular complexity index is 339. The molecule has 0 radical (unpaired) electrons. The molecule has 0 fully saturated rings. The summed E-state index contributed by atoms with van der Waals surface area (Å²) in [6.07, 6.45) is 1.61. The van der Waals surface area contributed by atoms with Gasteiger partial charge >= 0.3 is 5.96 Å². The van der Waals surface area contributed by atoms with E-state index < -0.39 is 0 Å². The average Bonchev–Trinajstić information content (AvgIpc) is 2.27. The third-order valence-electron chi connectivity index (χ3n) is 2.04. The molecule has 0 aromatic carbocycles. The molecule has 1 atom stereocenters. The van der Waals surface area contributed by atoms with Crippen LogP contribution < -0.4 is 27.9 Å². The van der Waals surface area contributed by atoms with Crippen LogP contribution in [0, 0.1) is 0 Å². The van der Waals surface area contributed by atoms with Crippen LogP contribution in [0.3, 0.4) is 0 Å². The quantitative estimate of drug-likeness (QED) is 0.246. The molecule has 0 saturated carbocycles. The average molecular weight is 182 g/mol. The van der Waals surface area contributed by atoms with E-state index >= 15 is 0 Å². The molecule has 0 amide bonds. The summed E-state index contributed by atoms with van der Waals surface area (Å²) in [5, 5.41) is 1.45. The second-order valence-electron chi connectivity index (χ2n) is 2.99. The molecule has 0 saturated heterocycles. The number of nitrogens with two attached hydrogens (primary N) is 4. The third kappa shape index (κ3) is 1.02. The second-order valence-corrected chi connectivity index (χ2v) is 2.99. The van der Waals surface area contributed by atoms with Gasteiger partial charge in [0.15, 0.2) is 11.5 Å². The van der Waals surface area contributed by atoms with Gasteiger partial charge < -0.3 is 22.2 Å². The summed E-state index contributed by atoms with van der Waals surface area (Å²) < 4.78 is 0. The van der Waals surface area contributed by atoms with Crippen LogP contribution in [0.1, 0.15) is 0 Å². The summed E-state index contributed by atoms with van der Waals surface area (Å²) in [6.45, 7) is 0.492. The molecule has 2 heterocycles. The molecule has 2 aliphatic heterocycles. The Morgan fingerprint density at radius 3 is 2.77 bits per heavy atom. The number of hydrogen-bond donors (Lipinski definition) is 5. The molecule has 70 valence electrons. The minimum Gasteiger partial charge on any atom is -0.379 e. The lowest BCUT2D eigenvalue weighted by Crippen LogP contribution is -3.14. The van der Waals surface area contributed by atoms with Crippen LogP contribution in [-0.2, 0) is 0 Å². The van der Waals surface area contributed by atoms with E-state index in [0.717, 1.165) is 10.6 Å². The number of aliphatic imine (C=N–C) groups is 1. The monoisotopic (exact) mass is 182 g/mol. The minimum atomic E-state index is 0.370. The summed E-state index contributed by atoms with van der Waals surface area (Å²) in [5.74, 6) is 6.85. The Morgan fingerprint density at radius 2 is 2.08 bits per heavy atom. The van der Waals surface area contributed by atoms with E-state index in [-0.39, 0.29) is 0 Å². The first kappa shape index (κ1) is 7.90. The van der Waals surface area contributed by atoms with Crippen LogP contribution in [0.5, 0.6) is 0 Å². The van der Waals surface area contributed by atoms with Gasteiger partial charge in [0.1, 0.15) is 6.54 Å². The van der Waals surface area contributed by atoms with Crippen molar-refractivity contribution in [1.29, 1.82) is 0 Å². The molecular weight excluding hydrogens is 170 g/mol. The van der Waals surface area contributed by atoms with Crippen molar-refractivity contribution in [2.24, 2.45) is 28.0 Å². The molecule has 1 unspecified atom stereocenters. The topological polar surface area (TPSA) is 124 Å². The lowest BCUT2D eigenvalue weighted by Gasteiger charge is -2.24. The zero-order valence-electron chi connectivity index (χ0n) is 6.99. The Labute approximate surface area is 74.9 Å². The van der Waals surface area contributed by atoms with Gasteiger partial charge in [0.05, 0.1) is 6.20 Å². The Balaban J connectivity index is 2.45. The molecule has 0 bridgehead atoms. The van der Waals surface area contributed by atoms with Gasteiger partial charge in [-0.05, 0) is 0 Å². The first-order chi connectivity index (χ1) is 6.09. The van der Waals surface area contributed by atoms with Gasteiger partial charge in [-0.25, -0.2) is 5.84 Å². The normalized spacial score (nSPS) is 27.2. The number of guanidine groups is 1. The van der Waals surface area contributed by atoms with Crippen LogP contribution in [-0.4, -0.2) is 17.5 Å². The zero-order valence-corrected chi connectivity index (χ0v) is 6.99. The number of hydrazine groups is 1. The van der Waals surface area contributed by atoms with E-state index in [1.807, 2.05) is 0 Å². The maximum absolute atomic E-state index is 5.71. The maximum Gasteiger partial charge on any atom is 0.311 e.